The molecule has 1 aliphatic heterocycles. The first-order valence-electron chi connectivity index (χ1n) is 7.40. The van der Waals surface area contributed by atoms with Gasteiger partial charge in [0.25, 0.3) is 5.88 Å². The van der Waals surface area contributed by atoms with Gasteiger partial charge in [-0.05, 0) is 13.8 Å². The minimum absolute atomic E-state index is 0.0727. The molecule has 0 aromatic carbocycles. The Hall–Kier alpha value is -1.64. The van der Waals surface area contributed by atoms with E-state index in [4.69, 9.17) is 4.74 Å². The summed E-state index contributed by atoms with van der Waals surface area (Å²) in [7, 11) is 0. The number of nitrogens with zero attached hydrogens (tertiary/aromatic N) is 4. The highest BCUT2D eigenvalue weighted by atomic mass is 19.3. The molecule has 0 spiro atoms. The van der Waals surface area contributed by atoms with Gasteiger partial charge in [0.1, 0.15) is 0 Å². The molecule has 1 saturated heterocycles. The van der Waals surface area contributed by atoms with E-state index in [0.29, 0.717) is 24.8 Å². The number of rotatable bonds is 6. The van der Waals surface area contributed by atoms with E-state index in [0.717, 1.165) is 0 Å². The van der Waals surface area contributed by atoms with Crippen LogP contribution >= 0.6 is 0 Å². The summed E-state index contributed by atoms with van der Waals surface area (Å²) in [6.07, 6.45) is -0.677. The zero-order chi connectivity index (χ0) is 17.0. The Balaban J connectivity index is 1.97. The van der Waals surface area contributed by atoms with Crippen LogP contribution in [0, 0.1) is 0 Å². The molecular weight excluding hydrogens is 316 g/mol. The Morgan fingerprint density at radius 2 is 1.74 bits per heavy atom. The highest BCUT2D eigenvalue weighted by Crippen LogP contribution is 2.27. The van der Waals surface area contributed by atoms with Crippen LogP contribution in [0.3, 0.4) is 0 Å². The molecule has 0 radical (unpaired) electrons. The molecule has 2 heterocycles. The lowest BCUT2D eigenvalue weighted by molar-refractivity contribution is -0.142. The van der Waals surface area contributed by atoms with Crippen LogP contribution in [0.1, 0.15) is 13.8 Å². The van der Waals surface area contributed by atoms with Crippen molar-refractivity contribution in [3.05, 3.63) is 12.4 Å². The molecule has 5 nitrogen and oxygen atoms in total. The molecule has 23 heavy (non-hydrogen) atoms. The average molecular weight is 336 g/mol. The molecule has 1 aliphatic rings. The Labute approximate surface area is 132 Å². The zero-order valence-electron chi connectivity index (χ0n) is 13.1. The molecule has 0 saturated carbocycles. The Morgan fingerprint density at radius 3 is 2.30 bits per heavy atom. The maximum absolute atomic E-state index is 13.1. The van der Waals surface area contributed by atoms with Crippen molar-refractivity contribution in [1.29, 1.82) is 0 Å². The van der Waals surface area contributed by atoms with E-state index >= 15 is 0 Å². The van der Waals surface area contributed by atoms with Crippen LogP contribution in [-0.2, 0) is 0 Å². The van der Waals surface area contributed by atoms with Crippen LogP contribution < -0.4 is 9.64 Å². The average Bonchev–Trinajstić information content (AvgIpc) is 2.47. The normalized spacial score (nSPS) is 17.1. The molecule has 1 aromatic heterocycles. The first-order chi connectivity index (χ1) is 10.8. The van der Waals surface area contributed by atoms with Gasteiger partial charge in [-0.15, -0.1) is 0 Å². The second-order valence-corrected chi connectivity index (χ2v) is 5.68. The fourth-order valence-corrected chi connectivity index (χ4v) is 2.33. The van der Waals surface area contributed by atoms with Gasteiger partial charge in [-0.1, -0.05) is 0 Å². The van der Waals surface area contributed by atoms with Gasteiger partial charge in [-0.25, -0.2) is 18.7 Å². The fraction of sp³-hybridized carbons (Fsp3) is 0.714. The van der Waals surface area contributed by atoms with Crippen LogP contribution in [0.15, 0.2) is 12.4 Å². The van der Waals surface area contributed by atoms with Crippen LogP contribution in [0.2, 0.25) is 0 Å². The third-order valence-corrected chi connectivity index (χ3v) is 3.42. The van der Waals surface area contributed by atoms with Crippen LogP contribution in [0.5, 0.6) is 5.88 Å². The summed E-state index contributed by atoms with van der Waals surface area (Å²) >= 11 is 0. The molecule has 0 aliphatic carbocycles. The summed E-state index contributed by atoms with van der Waals surface area (Å²) in [5.74, 6) is -3.06. The Kier molecular flexibility index (Phi) is 5.61. The highest BCUT2D eigenvalue weighted by Gasteiger charge is 2.42. The summed E-state index contributed by atoms with van der Waals surface area (Å²) in [5.41, 5.74) is 0. The Bertz CT molecular complexity index is 507. The number of halogens is 4. The number of piperazine rings is 1. The number of anilines is 1. The third-order valence-electron chi connectivity index (χ3n) is 3.42. The first-order valence-corrected chi connectivity index (χ1v) is 7.40. The molecule has 130 valence electrons. The molecule has 0 amide bonds. The zero-order valence-corrected chi connectivity index (χ0v) is 13.1. The monoisotopic (exact) mass is 336 g/mol. The van der Waals surface area contributed by atoms with Crippen molar-refractivity contribution in [2.24, 2.45) is 0 Å². The van der Waals surface area contributed by atoms with E-state index in [1.807, 2.05) is 18.7 Å². The second kappa shape index (κ2) is 7.29. The molecular formula is C14H20F4N4O. The number of ether oxygens (including phenoxy) is 1. The van der Waals surface area contributed by atoms with Crippen molar-refractivity contribution in [3.63, 3.8) is 0 Å². The SMILES string of the molecule is CC(C)Oc1nccnc1N1CCN(CC(F)(F)C(F)F)CC1. The third kappa shape index (κ3) is 4.66. The van der Waals surface area contributed by atoms with Crippen molar-refractivity contribution < 1.29 is 22.3 Å². The van der Waals surface area contributed by atoms with E-state index in [1.54, 1.807) is 0 Å². The van der Waals surface area contributed by atoms with Gasteiger partial charge in [0.2, 0.25) is 0 Å². The molecule has 1 fully saturated rings. The lowest BCUT2D eigenvalue weighted by Gasteiger charge is -2.36. The van der Waals surface area contributed by atoms with Gasteiger partial charge >= 0.3 is 12.3 Å². The maximum Gasteiger partial charge on any atom is 0.319 e. The quantitative estimate of drug-likeness (QED) is 0.746. The number of hydrogen-bond acceptors (Lipinski definition) is 5. The summed E-state index contributed by atoms with van der Waals surface area (Å²) < 4.78 is 56.3. The molecule has 9 heteroatoms. The van der Waals surface area contributed by atoms with Crippen molar-refractivity contribution in [3.8, 4) is 5.88 Å². The van der Waals surface area contributed by atoms with Crippen LogP contribution in [0.4, 0.5) is 23.4 Å². The fourth-order valence-electron chi connectivity index (χ4n) is 2.33. The van der Waals surface area contributed by atoms with Gasteiger partial charge in [-0.2, -0.15) is 8.78 Å². The minimum atomic E-state index is -3.99. The second-order valence-electron chi connectivity index (χ2n) is 5.68. The lowest BCUT2D eigenvalue weighted by Crippen LogP contribution is -2.51. The summed E-state index contributed by atoms with van der Waals surface area (Å²) in [6, 6.07) is 0. The standard InChI is InChI=1S/C14H20F4N4O/c1-10(2)23-12-11(19-3-4-20-12)22-7-5-21(6-8-22)9-14(17,18)13(15)16/h3-4,10,13H,5-9H2,1-2H3. The summed E-state index contributed by atoms with van der Waals surface area (Å²) in [6.45, 7) is 4.08. The number of aromatic nitrogens is 2. The molecule has 2 rings (SSSR count). The maximum atomic E-state index is 13.1. The molecule has 0 unspecified atom stereocenters. The van der Waals surface area contributed by atoms with Crippen molar-refractivity contribution in [1.82, 2.24) is 14.9 Å². The molecule has 0 bridgehead atoms. The van der Waals surface area contributed by atoms with E-state index in [1.165, 1.54) is 17.3 Å². The lowest BCUT2D eigenvalue weighted by atomic mass is 10.2. The molecule has 0 atom stereocenters. The van der Waals surface area contributed by atoms with Crippen molar-refractivity contribution in [2.45, 2.75) is 32.3 Å². The topological polar surface area (TPSA) is 41.5 Å². The van der Waals surface area contributed by atoms with E-state index < -0.39 is 18.9 Å². The van der Waals surface area contributed by atoms with Gasteiger partial charge in [0, 0.05) is 38.6 Å². The van der Waals surface area contributed by atoms with E-state index in [9.17, 15) is 17.6 Å². The van der Waals surface area contributed by atoms with Gasteiger partial charge in [0.05, 0.1) is 12.6 Å². The Morgan fingerprint density at radius 1 is 1.13 bits per heavy atom. The first kappa shape index (κ1) is 17.7. The largest absolute Gasteiger partial charge is 0.472 e. The number of hydrogen-bond donors (Lipinski definition) is 0. The minimum Gasteiger partial charge on any atom is -0.472 e. The molecule has 0 N–H and O–H groups in total. The van der Waals surface area contributed by atoms with Crippen LogP contribution in [-0.4, -0.2) is 66.0 Å². The van der Waals surface area contributed by atoms with Gasteiger partial charge in [0.15, 0.2) is 5.82 Å². The summed E-state index contributed by atoms with van der Waals surface area (Å²) in [5, 5.41) is 0. The molecule has 1 aromatic rings. The number of alkyl halides is 4. The van der Waals surface area contributed by atoms with E-state index in [2.05, 4.69) is 9.97 Å². The van der Waals surface area contributed by atoms with Crippen molar-refractivity contribution in [2.75, 3.05) is 37.6 Å². The highest BCUT2D eigenvalue weighted by molar-refractivity contribution is 5.48. The smallest absolute Gasteiger partial charge is 0.319 e. The van der Waals surface area contributed by atoms with Gasteiger partial charge < -0.3 is 9.64 Å². The predicted molar refractivity (Wildman–Crippen MR) is 77.4 cm³/mol. The summed E-state index contributed by atoms with van der Waals surface area (Å²) in [4.78, 5) is 11.6. The van der Waals surface area contributed by atoms with Gasteiger partial charge in [-0.3, -0.25) is 4.90 Å². The predicted octanol–water partition coefficient (Wildman–Crippen LogP) is 2.29. The van der Waals surface area contributed by atoms with Crippen molar-refractivity contribution >= 4 is 5.82 Å². The van der Waals surface area contributed by atoms with Crippen LogP contribution in [0.25, 0.3) is 0 Å². The van der Waals surface area contributed by atoms with E-state index in [-0.39, 0.29) is 19.2 Å².